The average molecular weight is 326 g/mol. The Balaban J connectivity index is 2.28. The van der Waals surface area contributed by atoms with Crippen molar-refractivity contribution < 1.29 is 14.3 Å². The summed E-state index contributed by atoms with van der Waals surface area (Å²) in [6, 6.07) is 5.46. The first-order valence-corrected chi connectivity index (χ1v) is 6.79. The van der Waals surface area contributed by atoms with Gasteiger partial charge in [-0.25, -0.2) is 4.79 Å². The van der Waals surface area contributed by atoms with E-state index in [4.69, 9.17) is 27.9 Å². The van der Waals surface area contributed by atoms with Gasteiger partial charge in [0, 0.05) is 16.6 Å². The molecule has 0 aliphatic heterocycles. The Morgan fingerprint density at radius 3 is 2.67 bits per heavy atom. The molecule has 6 heteroatoms. The van der Waals surface area contributed by atoms with Crippen LogP contribution in [-0.4, -0.2) is 25.2 Å². The Morgan fingerprint density at radius 1 is 1.24 bits per heavy atom. The lowest BCUT2D eigenvalue weighted by molar-refractivity contribution is -0.139. The molecule has 0 aliphatic carbocycles. The number of rotatable bonds is 4. The molecule has 4 nitrogen and oxygen atoms in total. The number of ether oxygens (including phenoxy) is 2. The van der Waals surface area contributed by atoms with Crippen molar-refractivity contribution in [3.05, 3.63) is 51.8 Å². The maximum Gasteiger partial charge on any atom is 0.373 e. The fraction of sp³-hybridized carbons (Fsp3) is 0.133. The predicted octanol–water partition coefficient (Wildman–Crippen LogP) is 4.19. The Hall–Kier alpha value is -1.91. The molecule has 0 amide bonds. The highest BCUT2D eigenvalue weighted by Gasteiger charge is 2.08. The minimum Gasteiger partial charge on any atom is -0.490 e. The van der Waals surface area contributed by atoms with Gasteiger partial charge in [-0.15, -0.1) is 0 Å². The van der Waals surface area contributed by atoms with Crippen LogP contribution in [0.25, 0.3) is 17.0 Å². The van der Waals surface area contributed by atoms with Crippen LogP contribution in [0.15, 0.2) is 36.1 Å². The molecule has 0 fully saturated rings. The molecule has 0 saturated heterocycles. The lowest BCUT2D eigenvalue weighted by Gasteiger charge is -2.00. The largest absolute Gasteiger partial charge is 0.490 e. The number of aromatic nitrogens is 1. The van der Waals surface area contributed by atoms with Crippen LogP contribution in [0.4, 0.5) is 0 Å². The van der Waals surface area contributed by atoms with E-state index in [1.165, 1.54) is 20.3 Å². The second kappa shape index (κ2) is 6.70. The summed E-state index contributed by atoms with van der Waals surface area (Å²) >= 11 is 12.1. The number of fused-ring (bicyclic) bond motifs is 1. The maximum absolute atomic E-state index is 11.3. The number of benzene rings is 1. The molecule has 2 rings (SSSR count). The number of carbonyl (C=O) groups excluding carboxylic acids is 1. The van der Waals surface area contributed by atoms with Crippen LogP contribution in [0.5, 0.6) is 0 Å². The standard InChI is InChI=1S/C15H13Cl2NO3/c1-20-13(15(19)21-2)5-3-4-9-8-10-12(18-9)7-6-11(16)14(10)17/h3-8,18H,1-2H3. The Morgan fingerprint density at radius 2 is 2.00 bits per heavy atom. The number of H-pyrrole nitrogens is 1. The molecule has 1 heterocycles. The van der Waals surface area contributed by atoms with E-state index < -0.39 is 5.97 Å². The molecule has 1 aromatic heterocycles. The van der Waals surface area contributed by atoms with Crippen LogP contribution >= 0.6 is 23.2 Å². The highest BCUT2D eigenvalue weighted by molar-refractivity contribution is 6.45. The minimum absolute atomic E-state index is 0.117. The lowest BCUT2D eigenvalue weighted by atomic mass is 10.2. The zero-order chi connectivity index (χ0) is 15.4. The summed E-state index contributed by atoms with van der Waals surface area (Å²) in [6.45, 7) is 0. The minimum atomic E-state index is -0.534. The van der Waals surface area contributed by atoms with Gasteiger partial charge >= 0.3 is 5.97 Å². The van der Waals surface area contributed by atoms with Crippen molar-refractivity contribution in [3.63, 3.8) is 0 Å². The van der Waals surface area contributed by atoms with Crippen LogP contribution in [0.3, 0.4) is 0 Å². The predicted molar refractivity (Wildman–Crippen MR) is 84.5 cm³/mol. The molecule has 0 bridgehead atoms. The van der Waals surface area contributed by atoms with Crippen molar-refractivity contribution in [2.24, 2.45) is 0 Å². The van der Waals surface area contributed by atoms with E-state index in [1.54, 1.807) is 18.2 Å². The van der Waals surface area contributed by atoms with Gasteiger partial charge in [-0.05, 0) is 30.4 Å². The lowest BCUT2D eigenvalue weighted by Crippen LogP contribution is -2.05. The number of hydrogen-bond donors (Lipinski definition) is 1. The van der Waals surface area contributed by atoms with Gasteiger partial charge in [-0.3, -0.25) is 0 Å². The van der Waals surface area contributed by atoms with E-state index in [0.717, 1.165) is 16.6 Å². The first-order chi connectivity index (χ1) is 10.1. The smallest absolute Gasteiger partial charge is 0.373 e. The molecule has 110 valence electrons. The number of allylic oxidation sites excluding steroid dienone is 2. The monoisotopic (exact) mass is 325 g/mol. The third kappa shape index (κ3) is 3.40. The van der Waals surface area contributed by atoms with Crippen molar-refractivity contribution in [1.29, 1.82) is 0 Å². The zero-order valence-corrected chi connectivity index (χ0v) is 13.0. The van der Waals surface area contributed by atoms with Crippen LogP contribution in [0, 0.1) is 0 Å². The Bertz CT molecular complexity index is 732. The van der Waals surface area contributed by atoms with E-state index >= 15 is 0 Å². The van der Waals surface area contributed by atoms with E-state index in [0.29, 0.717) is 10.0 Å². The van der Waals surface area contributed by atoms with E-state index in [2.05, 4.69) is 9.72 Å². The molecule has 2 aromatic rings. The second-order valence-corrected chi connectivity index (χ2v) is 4.92. The first-order valence-electron chi connectivity index (χ1n) is 6.04. The third-order valence-electron chi connectivity index (χ3n) is 2.84. The second-order valence-electron chi connectivity index (χ2n) is 4.13. The summed E-state index contributed by atoms with van der Waals surface area (Å²) in [4.78, 5) is 14.5. The molecule has 0 spiro atoms. The number of esters is 1. The number of hydrogen-bond acceptors (Lipinski definition) is 3. The van der Waals surface area contributed by atoms with Crippen molar-refractivity contribution in [2.45, 2.75) is 0 Å². The van der Waals surface area contributed by atoms with E-state index in [-0.39, 0.29) is 5.76 Å². The van der Waals surface area contributed by atoms with Gasteiger partial charge in [0.25, 0.3) is 0 Å². The zero-order valence-electron chi connectivity index (χ0n) is 11.4. The summed E-state index contributed by atoms with van der Waals surface area (Å²) in [5, 5.41) is 1.85. The molecule has 0 unspecified atom stereocenters. The number of nitrogens with one attached hydrogen (secondary N) is 1. The fourth-order valence-electron chi connectivity index (χ4n) is 1.81. The Kier molecular flexibility index (Phi) is 4.94. The number of methoxy groups -OCH3 is 2. The van der Waals surface area contributed by atoms with Gasteiger partial charge in [0.05, 0.1) is 24.3 Å². The van der Waals surface area contributed by atoms with Crippen LogP contribution in [0.1, 0.15) is 5.69 Å². The molecule has 0 atom stereocenters. The number of halogens is 2. The summed E-state index contributed by atoms with van der Waals surface area (Å²) in [6.07, 6.45) is 4.98. The van der Waals surface area contributed by atoms with E-state index in [1.807, 2.05) is 12.1 Å². The maximum atomic E-state index is 11.3. The first kappa shape index (κ1) is 15.5. The summed E-state index contributed by atoms with van der Waals surface area (Å²) in [5.74, 6) is -0.417. The van der Waals surface area contributed by atoms with Gasteiger partial charge in [0.2, 0.25) is 5.76 Å². The molecular weight excluding hydrogens is 313 g/mol. The van der Waals surface area contributed by atoms with Gasteiger partial charge in [0.1, 0.15) is 0 Å². The summed E-state index contributed by atoms with van der Waals surface area (Å²) in [5.41, 5.74) is 1.71. The third-order valence-corrected chi connectivity index (χ3v) is 3.66. The van der Waals surface area contributed by atoms with Crippen LogP contribution < -0.4 is 0 Å². The van der Waals surface area contributed by atoms with Crippen molar-refractivity contribution in [1.82, 2.24) is 4.98 Å². The molecule has 21 heavy (non-hydrogen) atoms. The SMILES string of the molecule is COC(=O)C(=CC=Cc1cc2c(Cl)c(Cl)ccc2[nH]1)OC. The normalized spacial score (nSPS) is 12.1. The van der Waals surface area contributed by atoms with Gasteiger partial charge < -0.3 is 14.5 Å². The highest BCUT2D eigenvalue weighted by atomic mass is 35.5. The van der Waals surface area contributed by atoms with Crippen molar-refractivity contribution in [3.8, 4) is 0 Å². The molecule has 0 saturated carbocycles. The molecule has 0 aliphatic rings. The quantitative estimate of drug-likeness (QED) is 0.397. The van der Waals surface area contributed by atoms with Crippen molar-refractivity contribution >= 4 is 46.2 Å². The Labute approximate surface area is 131 Å². The fourth-order valence-corrected chi connectivity index (χ4v) is 2.20. The highest BCUT2D eigenvalue weighted by Crippen LogP contribution is 2.31. The van der Waals surface area contributed by atoms with Gasteiger partial charge in [0.15, 0.2) is 0 Å². The summed E-state index contributed by atoms with van der Waals surface area (Å²) in [7, 11) is 2.70. The molecule has 0 radical (unpaired) electrons. The van der Waals surface area contributed by atoms with Gasteiger partial charge in [-0.1, -0.05) is 29.3 Å². The molecule has 1 aromatic carbocycles. The number of aromatic amines is 1. The average Bonchev–Trinajstić information content (AvgIpc) is 2.90. The van der Waals surface area contributed by atoms with Crippen molar-refractivity contribution in [2.75, 3.05) is 14.2 Å². The van der Waals surface area contributed by atoms with Crippen LogP contribution in [0.2, 0.25) is 10.0 Å². The summed E-state index contributed by atoms with van der Waals surface area (Å²) < 4.78 is 9.50. The van der Waals surface area contributed by atoms with Crippen LogP contribution in [-0.2, 0) is 14.3 Å². The number of carbonyl (C=O) groups is 1. The van der Waals surface area contributed by atoms with E-state index in [9.17, 15) is 4.79 Å². The topological polar surface area (TPSA) is 51.3 Å². The molecular formula is C15H13Cl2NO3. The van der Waals surface area contributed by atoms with Gasteiger partial charge in [-0.2, -0.15) is 0 Å². The molecule has 1 N–H and O–H groups in total.